The minimum atomic E-state index is -0.415. The summed E-state index contributed by atoms with van der Waals surface area (Å²) in [6.07, 6.45) is 5.48. The monoisotopic (exact) mass is 455 g/mol. The van der Waals surface area contributed by atoms with E-state index in [1.807, 2.05) is 54.3 Å². The molecule has 0 aliphatic rings. The molecule has 34 heavy (non-hydrogen) atoms. The number of amides is 1. The fourth-order valence-corrected chi connectivity index (χ4v) is 4.01. The van der Waals surface area contributed by atoms with Crippen molar-refractivity contribution in [1.82, 2.24) is 19.3 Å². The molecule has 5 rings (SSSR count). The highest BCUT2D eigenvalue weighted by Crippen LogP contribution is 2.32. The summed E-state index contributed by atoms with van der Waals surface area (Å²) < 4.78 is 23.7. The first kappa shape index (κ1) is 21.4. The summed E-state index contributed by atoms with van der Waals surface area (Å²) in [6, 6.07) is 16.2. The van der Waals surface area contributed by atoms with Crippen molar-refractivity contribution >= 4 is 22.6 Å². The number of methoxy groups -OCH3 is 1. The Morgan fingerprint density at radius 1 is 1.03 bits per heavy atom. The smallest absolute Gasteiger partial charge is 0.221 e. The molecule has 3 aromatic carbocycles. The van der Waals surface area contributed by atoms with E-state index < -0.39 is 5.82 Å². The molecule has 0 atom stereocenters. The van der Waals surface area contributed by atoms with Crippen molar-refractivity contribution in [2.45, 2.75) is 6.92 Å². The number of hydrogen-bond acceptors (Lipinski definition) is 4. The average molecular weight is 455 g/mol. The summed E-state index contributed by atoms with van der Waals surface area (Å²) in [4.78, 5) is 16.3. The van der Waals surface area contributed by atoms with E-state index in [-0.39, 0.29) is 5.91 Å². The van der Waals surface area contributed by atoms with Gasteiger partial charge in [-0.05, 0) is 53.6 Å². The minimum Gasteiger partial charge on any atom is -0.497 e. The molecule has 0 saturated carbocycles. The molecule has 0 fully saturated rings. The van der Waals surface area contributed by atoms with Gasteiger partial charge in [-0.1, -0.05) is 6.07 Å². The van der Waals surface area contributed by atoms with E-state index in [1.165, 1.54) is 20.1 Å². The summed E-state index contributed by atoms with van der Waals surface area (Å²) in [5, 5.41) is 7.04. The van der Waals surface area contributed by atoms with Crippen LogP contribution in [-0.4, -0.2) is 32.3 Å². The van der Waals surface area contributed by atoms with Gasteiger partial charge in [0.2, 0.25) is 5.91 Å². The number of aryl methyl sites for hydroxylation is 1. The molecule has 0 aliphatic heterocycles. The zero-order valence-electron chi connectivity index (χ0n) is 18.9. The molecule has 5 aromatic rings. The highest BCUT2D eigenvalue weighted by atomic mass is 19.1. The predicted octanol–water partition coefficient (Wildman–Crippen LogP) is 5.20. The van der Waals surface area contributed by atoms with Crippen LogP contribution in [0.3, 0.4) is 0 Å². The second kappa shape index (κ2) is 8.47. The van der Waals surface area contributed by atoms with Crippen molar-refractivity contribution in [2.24, 2.45) is 7.05 Å². The van der Waals surface area contributed by atoms with Crippen molar-refractivity contribution < 1.29 is 13.9 Å². The fourth-order valence-electron chi connectivity index (χ4n) is 4.01. The maximum atomic E-state index is 14.9. The van der Waals surface area contributed by atoms with Gasteiger partial charge in [0.05, 0.1) is 24.3 Å². The van der Waals surface area contributed by atoms with E-state index in [0.29, 0.717) is 22.6 Å². The van der Waals surface area contributed by atoms with Crippen molar-refractivity contribution in [3.8, 4) is 33.7 Å². The number of aromatic nitrogens is 4. The highest BCUT2D eigenvalue weighted by molar-refractivity contribution is 5.91. The summed E-state index contributed by atoms with van der Waals surface area (Å²) >= 11 is 0. The zero-order valence-corrected chi connectivity index (χ0v) is 18.9. The van der Waals surface area contributed by atoms with Gasteiger partial charge in [0.15, 0.2) is 0 Å². The molecule has 0 aliphatic carbocycles. The van der Waals surface area contributed by atoms with E-state index in [4.69, 9.17) is 4.74 Å². The number of anilines is 1. The Morgan fingerprint density at radius 2 is 1.88 bits per heavy atom. The molecule has 0 saturated heterocycles. The van der Waals surface area contributed by atoms with E-state index in [9.17, 15) is 9.18 Å². The number of benzene rings is 3. The molecule has 0 bridgehead atoms. The van der Waals surface area contributed by atoms with Gasteiger partial charge in [-0.3, -0.25) is 14.0 Å². The Hall–Kier alpha value is -4.46. The number of halogens is 1. The van der Waals surface area contributed by atoms with Crippen LogP contribution in [0.25, 0.3) is 39.0 Å². The quantitative estimate of drug-likeness (QED) is 0.395. The maximum absolute atomic E-state index is 14.9. The molecule has 0 spiro atoms. The van der Waals surface area contributed by atoms with Crippen molar-refractivity contribution in [3.05, 3.63) is 79.1 Å². The molecule has 2 heterocycles. The molecular formula is C26H22FN5O2. The van der Waals surface area contributed by atoms with Crippen molar-refractivity contribution in [1.29, 1.82) is 0 Å². The van der Waals surface area contributed by atoms with Crippen LogP contribution in [0, 0.1) is 5.82 Å². The summed E-state index contributed by atoms with van der Waals surface area (Å²) in [7, 11) is 3.37. The molecule has 7 nitrogen and oxygen atoms in total. The first-order valence-corrected chi connectivity index (χ1v) is 10.6. The number of hydrogen-bond donors (Lipinski definition) is 1. The summed E-state index contributed by atoms with van der Waals surface area (Å²) in [6.45, 7) is 1.44. The van der Waals surface area contributed by atoms with Gasteiger partial charge in [0, 0.05) is 48.7 Å². The second-order valence-corrected chi connectivity index (χ2v) is 8.02. The third-order valence-corrected chi connectivity index (χ3v) is 5.59. The molecule has 0 unspecified atom stereocenters. The number of nitrogens with zero attached hydrogens (tertiary/aromatic N) is 4. The normalized spacial score (nSPS) is 11.1. The fraction of sp³-hybridized carbons (Fsp3) is 0.115. The third kappa shape index (κ3) is 4.01. The van der Waals surface area contributed by atoms with Gasteiger partial charge in [-0.2, -0.15) is 5.10 Å². The number of nitrogens with one attached hydrogen (secondary N) is 1. The zero-order chi connectivity index (χ0) is 23.8. The van der Waals surface area contributed by atoms with Crippen LogP contribution in [-0.2, 0) is 11.8 Å². The first-order valence-electron chi connectivity index (χ1n) is 10.6. The van der Waals surface area contributed by atoms with Gasteiger partial charge < -0.3 is 10.1 Å². The first-order chi connectivity index (χ1) is 16.4. The van der Waals surface area contributed by atoms with Crippen LogP contribution in [0.15, 0.2) is 73.3 Å². The van der Waals surface area contributed by atoms with Crippen LogP contribution >= 0.6 is 0 Å². The van der Waals surface area contributed by atoms with Crippen LogP contribution in [0.5, 0.6) is 5.75 Å². The van der Waals surface area contributed by atoms with Gasteiger partial charge >= 0.3 is 0 Å². The minimum absolute atomic E-state index is 0.213. The number of rotatable bonds is 5. The van der Waals surface area contributed by atoms with Crippen LogP contribution < -0.4 is 10.1 Å². The Bertz CT molecular complexity index is 1540. The molecular weight excluding hydrogens is 433 g/mol. The standard InChI is InChI=1S/C26H22FN5O2/c1-16(33)30-20-8-18(23-6-5-22(34-3)12-24(23)27)9-21(11-20)32-15-28-25-10-17(4-7-26(25)32)19-13-29-31(2)14-19/h4-15H,1-3H3,(H,30,33). The number of carbonyl (C=O) groups excluding carboxylic acids is 1. The van der Waals surface area contributed by atoms with Gasteiger partial charge in [-0.15, -0.1) is 0 Å². The lowest BCUT2D eigenvalue weighted by atomic mass is 10.0. The highest BCUT2D eigenvalue weighted by Gasteiger charge is 2.13. The summed E-state index contributed by atoms with van der Waals surface area (Å²) in [5.41, 5.74) is 6.03. The molecule has 8 heteroatoms. The second-order valence-electron chi connectivity index (χ2n) is 8.02. The van der Waals surface area contributed by atoms with Gasteiger partial charge in [0.25, 0.3) is 0 Å². The molecule has 1 N–H and O–H groups in total. The summed E-state index contributed by atoms with van der Waals surface area (Å²) in [5.74, 6) is -0.193. The number of imidazole rings is 1. The van der Waals surface area contributed by atoms with Crippen LogP contribution in [0.2, 0.25) is 0 Å². The Morgan fingerprint density at radius 3 is 2.59 bits per heavy atom. The number of ether oxygens (including phenoxy) is 1. The third-order valence-electron chi connectivity index (χ3n) is 5.59. The van der Waals surface area contributed by atoms with Crippen LogP contribution in [0.1, 0.15) is 6.92 Å². The van der Waals surface area contributed by atoms with E-state index in [0.717, 1.165) is 27.8 Å². The maximum Gasteiger partial charge on any atom is 0.221 e. The van der Waals surface area contributed by atoms with Crippen molar-refractivity contribution in [3.63, 3.8) is 0 Å². The Kier molecular flexibility index (Phi) is 5.33. The van der Waals surface area contributed by atoms with Crippen LogP contribution in [0.4, 0.5) is 10.1 Å². The largest absolute Gasteiger partial charge is 0.497 e. The number of fused-ring (bicyclic) bond motifs is 1. The van der Waals surface area contributed by atoms with Crippen molar-refractivity contribution in [2.75, 3.05) is 12.4 Å². The van der Waals surface area contributed by atoms with E-state index >= 15 is 0 Å². The molecule has 170 valence electrons. The predicted molar refractivity (Wildman–Crippen MR) is 130 cm³/mol. The van der Waals surface area contributed by atoms with Gasteiger partial charge in [0.1, 0.15) is 17.9 Å². The SMILES string of the molecule is COc1ccc(-c2cc(NC(C)=O)cc(-n3cnc4cc(-c5cnn(C)c5)ccc43)c2)c(F)c1. The average Bonchev–Trinajstić information content (AvgIpc) is 3.44. The van der Waals surface area contributed by atoms with E-state index in [1.54, 1.807) is 29.2 Å². The van der Waals surface area contributed by atoms with Gasteiger partial charge in [-0.25, -0.2) is 9.37 Å². The molecule has 0 radical (unpaired) electrons. The van der Waals surface area contributed by atoms with E-state index in [2.05, 4.69) is 15.4 Å². The lowest BCUT2D eigenvalue weighted by Gasteiger charge is -2.13. The molecule has 1 amide bonds. The molecule has 2 aromatic heterocycles. The number of carbonyl (C=O) groups is 1. The Labute approximate surface area is 195 Å². The topological polar surface area (TPSA) is 74.0 Å². The lowest BCUT2D eigenvalue weighted by molar-refractivity contribution is -0.114. The Balaban J connectivity index is 1.62. The lowest BCUT2D eigenvalue weighted by Crippen LogP contribution is -2.07.